The molecule has 6 heteroatoms. The molecule has 1 heterocycles. The molecule has 0 radical (unpaired) electrons. The predicted octanol–water partition coefficient (Wildman–Crippen LogP) is 1.29. The molecule has 0 saturated carbocycles. The highest BCUT2D eigenvalue weighted by molar-refractivity contribution is 7.87. The summed E-state index contributed by atoms with van der Waals surface area (Å²) < 4.78 is 28.7. The number of nitrogens with one attached hydrogen (secondary N) is 1. The first-order chi connectivity index (χ1) is 9.53. The lowest BCUT2D eigenvalue weighted by Gasteiger charge is -2.30. The number of aliphatic hydroxyl groups is 1. The van der Waals surface area contributed by atoms with Crippen molar-refractivity contribution in [3.8, 4) is 0 Å². The maximum Gasteiger partial charge on any atom is 0.280 e. The summed E-state index contributed by atoms with van der Waals surface area (Å²) in [5, 5.41) is 9.44. The SMILES string of the molecule is CC1CCN(S(=O)(=O)N[C@H](CO)c2ccccc2)CC1. The highest BCUT2D eigenvalue weighted by Crippen LogP contribution is 2.20. The molecule has 5 nitrogen and oxygen atoms in total. The minimum absolute atomic E-state index is 0.256. The van der Waals surface area contributed by atoms with Gasteiger partial charge in [0.05, 0.1) is 12.6 Å². The standard InChI is InChI=1S/C14H22N2O3S/c1-12-7-9-16(10-8-12)20(18,19)15-14(11-17)13-5-3-2-4-6-13/h2-6,12,14-15,17H,7-11H2,1H3/t14-/m1/s1. The second kappa shape index (κ2) is 6.67. The molecule has 1 fully saturated rings. The Bertz CT molecular complexity index is 510. The van der Waals surface area contributed by atoms with E-state index in [-0.39, 0.29) is 6.61 Å². The third kappa shape index (κ3) is 3.79. The van der Waals surface area contributed by atoms with Gasteiger partial charge in [-0.2, -0.15) is 17.4 Å². The Labute approximate surface area is 120 Å². The van der Waals surface area contributed by atoms with Gasteiger partial charge >= 0.3 is 0 Å². The number of rotatable bonds is 5. The highest BCUT2D eigenvalue weighted by Gasteiger charge is 2.28. The quantitative estimate of drug-likeness (QED) is 0.860. The van der Waals surface area contributed by atoms with E-state index in [1.165, 1.54) is 4.31 Å². The maximum absolute atomic E-state index is 12.3. The van der Waals surface area contributed by atoms with E-state index < -0.39 is 16.3 Å². The second-order valence-electron chi connectivity index (χ2n) is 5.35. The van der Waals surface area contributed by atoms with E-state index in [0.29, 0.717) is 19.0 Å². The van der Waals surface area contributed by atoms with Gasteiger partial charge in [0.1, 0.15) is 0 Å². The van der Waals surface area contributed by atoms with E-state index in [1.54, 1.807) is 0 Å². The number of nitrogens with zero attached hydrogens (tertiary/aromatic N) is 1. The summed E-state index contributed by atoms with van der Waals surface area (Å²) in [5.41, 5.74) is 0.768. The summed E-state index contributed by atoms with van der Waals surface area (Å²) in [6.45, 7) is 2.97. The zero-order chi connectivity index (χ0) is 14.6. The molecule has 1 aliphatic heterocycles. The molecular formula is C14H22N2O3S. The molecule has 0 aromatic heterocycles. The summed E-state index contributed by atoms with van der Waals surface area (Å²) in [4.78, 5) is 0. The first-order valence-corrected chi connectivity index (χ1v) is 8.40. The van der Waals surface area contributed by atoms with Gasteiger partial charge in [-0.05, 0) is 24.3 Å². The van der Waals surface area contributed by atoms with Gasteiger partial charge in [-0.3, -0.25) is 0 Å². The molecule has 2 N–H and O–H groups in total. The zero-order valence-corrected chi connectivity index (χ0v) is 12.5. The summed E-state index contributed by atoms with van der Waals surface area (Å²) in [5.74, 6) is 0.573. The van der Waals surface area contributed by atoms with Crippen LogP contribution in [-0.4, -0.2) is 37.5 Å². The van der Waals surface area contributed by atoms with Crippen LogP contribution in [0.5, 0.6) is 0 Å². The van der Waals surface area contributed by atoms with Crippen LogP contribution in [0.2, 0.25) is 0 Å². The molecule has 1 aromatic rings. The van der Waals surface area contributed by atoms with Gasteiger partial charge in [-0.1, -0.05) is 37.3 Å². The van der Waals surface area contributed by atoms with Gasteiger partial charge in [0.15, 0.2) is 0 Å². The van der Waals surface area contributed by atoms with E-state index in [4.69, 9.17) is 0 Å². The predicted molar refractivity (Wildman–Crippen MR) is 78.3 cm³/mol. The average molecular weight is 298 g/mol. The number of benzene rings is 1. The normalized spacial score (nSPS) is 19.9. The number of aliphatic hydroxyl groups excluding tert-OH is 1. The van der Waals surface area contributed by atoms with Crippen molar-refractivity contribution in [3.05, 3.63) is 35.9 Å². The van der Waals surface area contributed by atoms with Crippen LogP contribution in [-0.2, 0) is 10.2 Å². The molecule has 1 aliphatic rings. The van der Waals surface area contributed by atoms with Crippen LogP contribution in [0.15, 0.2) is 30.3 Å². The molecule has 1 atom stereocenters. The largest absolute Gasteiger partial charge is 0.394 e. The molecule has 1 saturated heterocycles. The molecule has 0 aliphatic carbocycles. The lowest BCUT2D eigenvalue weighted by molar-refractivity contribution is 0.249. The summed E-state index contributed by atoms with van der Waals surface area (Å²) in [6.07, 6.45) is 1.77. The van der Waals surface area contributed by atoms with Crippen LogP contribution in [0.3, 0.4) is 0 Å². The summed E-state index contributed by atoms with van der Waals surface area (Å²) in [7, 11) is -3.54. The third-order valence-corrected chi connectivity index (χ3v) is 5.39. The van der Waals surface area contributed by atoms with Gasteiger partial charge in [-0.15, -0.1) is 0 Å². The number of hydrogen-bond acceptors (Lipinski definition) is 3. The van der Waals surface area contributed by atoms with Crippen molar-refractivity contribution in [2.24, 2.45) is 5.92 Å². The lowest BCUT2D eigenvalue weighted by Crippen LogP contribution is -2.46. The van der Waals surface area contributed by atoms with Crippen LogP contribution in [0.25, 0.3) is 0 Å². The fourth-order valence-corrected chi connectivity index (χ4v) is 3.79. The van der Waals surface area contributed by atoms with Crippen LogP contribution >= 0.6 is 0 Å². The lowest BCUT2D eigenvalue weighted by atomic mass is 10.0. The average Bonchev–Trinajstić information content (AvgIpc) is 2.46. The molecule has 0 spiro atoms. The van der Waals surface area contributed by atoms with Gasteiger partial charge in [0, 0.05) is 13.1 Å². The van der Waals surface area contributed by atoms with E-state index in [1.807, 2.05) is 30.3 Å². The molecule has 112 valence electrons. The Morgan fingerprint density at radius 3 is 2.45 bits per heavy atom. The zero-order valence-electron chi connectivity index (χ0n) is 11.7. The third-order valence-electron chi connectivity index (χ3n) is 3.76. The summed E-state index contributed by atoms with van der Waals surface area (Å²) in [6, 6.07) is 8.53. The first kappa shape index (κ1) is 15.4. The Hall–Kier alpha value is -0.950. The van der Waals surface area contributed by atoms with E-state index in [0.717, 1.165) is 18.4 Å². The van der Waals surface area contributed by atoms with Gasteiger partial charge in [0.25, 0.3) is 10.2 Å². The highest BCUT2D eigenvalue weighted by atomic mass is 32.2. The number of piperidine rings is 1. The minimum Gasteiger partial charge on any atom is -0.394 e. The van der Waals surface area contributed by atoms with Crippen molar-refractivity contribution < 1.29 is 13.5 Å². The van der Waals surface area contributed by atoms with Crippen molar-refractivity contribution in [1.82, 2.24) is 9.03 Å². The smallest absolute Gasteiger partial charge is 0.280 e. The fraction of sp³-hybridized carbons (Fsp3) is 0.571. The maximum atomic E-state index is 12.3. The van der Waals surface area contributed by atoms with Crippen molar-refractivity contribution >= 4 is 10.2 Å². The van der Waals surface area contributed by atoms with Crippen LogP contribution < -0.4 is 4.72 Å². The molecule has 0 unspecified atom stereocenters. The molecule has 1 aromatic carbocycles. The van der Waals surface area contributed by atoms with Gasteiger partial charge in [-0.25, -0.2) is 0 Å². The topological polar surface area (TPSA) is 69.6 Å². The first-order valence-electron chi connectivity index (χ1n) is 6.96. The monoisotopic (exact) mass is 298 g/mol. The van der Waals surface area contributed by atoms with Crippen LogP contribution in [0.4, 0.5) is 0 Å². The van der Waals surface area contributed by atoms with Gasteiger partial charge < -0.3 is 5.11 Å². The molecule has 20 heavy (non-hydrogen) atoms. The second-order valence-corrected chi connectivity index (χ2v) is 7.05. The van der Waals surface area contributed by atoms with E-state index in [9.17, 15) is 13.5 Å². The van der Waals surface area contributed by atoms with E-state index >= 15 is 0 Å². The Morgan fingerprint density at radius 2 is 1.90 bits per heavy atom. The Kier molecular flexibility index (Phi) is 5.15. The van der Waals surface area contributed by atoms with Crippen molar-refractivity contribution in [2.75, 3.05) is 19.7 Å². The molecule has 0 bridgehead atoms. The molecular weight excluding hydrogens is 276 g/mol. The minimum atomic E-state index is -3.54. The Morgan fingerprint density at radius 1 is 1.30 bits per heavy atom. The van der Waals surface area contributed by atoms with Crippen molar-refractivity contribution in [1.29, 1.82) is 0 Å². The molecule has 0 amide bonds. The Balaban J connectivity index is 2.06. The number of hydrogen-bond donors (Lipinski definition) is 2. The van der Waals surface area contributed by atoms with Crippen LogP contribution in [0.1, 0.15) is 31.4 Å². The van der Waals surface area contributed by atoms with Crippen molar-refractivity contribution in [3.63, 3.8) is 0 Å². The summed E-state index contributed by atoms with van der Waals surface area (Å²) >= 11 is 0. The van der Waals surface area contributed by atoms with Crippen LogP contribution in [0, 0.1) is 5.92 Å². The van der Waals surface area contributed by atoms with Gasteiger partial charge in [0.2, 0.25) is 0 Å². The van der Waals surface area contributed by atoms with E-state index in [2.05, 4.69) is 11.6 Å². The fourth-order valence-electron chi connectivity index (χ4n) is 2.38. The van der Waals surface area contributed by atoms with Crippen molar-refractivity contribution in [2.45, 2.75) is 25.8 Å². The molecule has 2 rings (SSSR count).